The normalized spacial score (nSPS) is 20.3. The number of rotatable bonds is 4. The van der Waals surface area contributed by atoms with Crippen LogP contribution in [0.4, 0.5) is 0 Å². The first-order valence-corrected chi connectivity index (χ1v) is 7.72. The van der Waals surface area contributed by atoms with Crippen LogP contribution in [0.2, 0.25) is 0 Å². The summed E-state index contributed by atoms with van der Waals surface area (Å²) in [7, 11) is 4.20. The quantitative estimate of drug-likeness (QED) is 0.836. The van der Waals surface area contributed by atoms with Gasteiger partial charge >= 0.3 is 0 Å². The van der Waals surface area contributed by atoms with E-state index in [1.54, 1.807) is 0 Å². The third-order valence-corrected chi connectivity index (χ3v) is 5.04. The van der Waals surface area contributed by atoms with E-state index in [2.05, 4.69) is 65.9 Å². The van der Waals surface area contributed by atoms with Crippen LogP contribution in [0.25, 0.3) is 0 Å². The van der Waals surface area contributed by atoms with Crippen molar-refractivity contribution in [2.75, 3.05) is 14.1 Å². The molecule has 1 atom stereocenters. The topological polar surface area (TPSA) is 23.5 Å². The highest BCUT2D eigenvalue weighted by molar-refractivity contribution is 14.1. The van der Waals surface area contributed by atoms with Crippen molar-refractivity contribution in [1.82, 2.24) is 4.90 Å². The van der Waals surface area contributed by atoms with Gasteiger partial charge in [0, 0.05) is 15.5 Å². The molecule has 1 aliphatic carbocycles. The van der Waals surface area contributed by atoms with E-state index in [9.17, 15) is 5.11 Å². The lowest BCUT2D eigenvalue weighted by Gasteiger charge is -2.40. The van der Waals surface area contributed by atoms with Gasteiger partial charge in [-0.15, -0.1) is 0 Å². The molecule has 0 bridgehead atoms. The summed E-state index contributed by atoms with van der Waals surface area (Å²) in [6, 6.07) is 8.48. The Balaban J connectivity index is 2.10. The highest BCUT2D eigenvalue weighted by atomic mass is 127. The van der Waals surface area contributed by atoms with Crippen LogP contribution in [0.3, 0.4) is 0 Å². The second kappa shape index (κ2) is 5.88. The number of likely N-dealkylation sites (N-methyl/N-ethyl adjacent to an activating group) is 1. The first kappa shape index (κ1) is 14.3. The van der Waals surface area contributed by atoms with Crippen molar-refractivity contribution in [3.05, 3.63) is 33.4 Å². The first-order valence-electron chi connectivity index (χ1n) is 6.64. The smallest absolute Gasteiger partial charge is 0.0763 e. The van der Waals surface area contributed by atoms with Gasteiger partial charge in [0.05, 0.1) is 6.10 Å². The maximum atomic E-state index is 10.6. The number of aliphatic hydroxyl groups excluding tert-OH is 1. The average Bonchev–Trinajstić information content (AvgIpc) is 2.82. The zero-order valence-corrected chi connectivity index (χ0v) is 13.4. The molecule has 1 aliphatic rings. The van der Waals surface area contributed by atoms with E-state index in [0.717, 1.165) is 19.3 Å². The van der Waals surface area contributed by atoms with Crippen molar-refractivity contribution in [1.29, 1.82) is 0 Å². The highest BCUT2D eigenvalue weighted by Crippen LogP contribution is 2.37. The fourth-order valence-corrected chi connectivity index (χ4v) is 3.46. The number of benzene rings is 1. The highest BCUT2D eigenvalue weighted by Gasteiger charge is 2.42. The Morgan fingerprint density at radius 3 is 2.28 bits per heavy atom. The van der Waals surface area contributed by atoms with E-state index in [4.69, 9.17) is 0 Å². The molecule has 1 aromatic carbocycles. The van der Waals surface area contributed by atoms with Crippen molar-refractivity contribution in [3.63, 3.8) is 0 Å². The van der Waals surface area contributed by atoms with Gasteiger partial charge in [-0.2, -0.15) is 0 Å². The second-order valence-electron chi connectivity index (χ2n) is 5.55. The predicted molar refractivity (Wildman–Crippen MR) is 83.8 cm³/mol. The van der Waals surface area contributed by atoms with Gasteiger partial charge < -0.3 is 10.0 Å². The van der Waals surface area contributed by atoms with Crippen LogP contribution in [0.5, 0.6) is 0 Å². The molecule has 1 aromatic rings. The van der Waals surface area contributed by atoms with Crippen molar-refractivity contribution in [3.8, 4) is 0 Å². The van der Waals surface area contributed by atoms with Crippen LogP contribution in [-0.4, -0.2) is 35.7 Å². The first-order chi connectivity index (χ1) is 8.54. The Morgan fingerprint density at radius 1 is 1.22 bits per heavy atom. The Labute approximate surface area is 124 Å². The molecule has 0 amide bonds. The Kier molecular flexibility index (Phi) is 4.67. The molecule has 2 rings (SSSR count). The van der Waals surface area contributed by atoms with E-state index in [0.29, 0.717) is 0 Å². The van der Waals surface area contributed by atoms with Gasteiger partial charge in [-0.05, 0) is 67.2 Å². The second-order valence-corrected chi connectivity index (χ2v) is 6.80. The molecule has 1 fully saturated rings. The van der Waals surface area contributed by atoms with Crippen molar-refractivity contribution >= 4 is 22.6 Å². The monoisotopic (exact) mass is 359 g/mol. The van der Waals surface area contributed by atoms with Crippen LogP contribution in [-0.2, 0) is 6.42 Å². The fraction of sp³-hybridized carbons (Fsp3) is 0.600. The summed E-state index contributed by atoms with van der Waals surface area (Å²) in [5, 5.41) is 10.6. The van der Waals surface area contributed by atoms with Crippen molar-refractivity contribution in [2.24, 2.45) is 0 Å². The van der Waals surface area contributed by atoms with Gasteiger partial charge in [0.1, 0.15) is 0 Å². The number of halogens is 1. The van der Waals surface area contributed by atoms with Gasteiger partial charge in [0.25, 0.3) is 0 Å². The summed E-state index contributed by atoms with van der Waals surface area (Å²) in [5.41, 5.74) is 1.22. The third-order valence-electron chi connectivity index (χ3n) is 4.32. The molecule has 1 N–H and O–H groups in total. The van der Waals surface area contributed by atoms with E-state index >= 15 is 0 Å². The molecule has 1 unspecified atom stereocenters. The molecule has 3 heteroatoms. The maximum Gasteiger partial charge on any atom is 0.0763 e. The zero-order valence-electron chi connectivity index (χ0n) is 11.2. The number of hydrogen-bond donors (Lipinski definition) is 1. The number of aliphatic hydroxyl groups is 1. The molecule has 0 radical (unpaired) electrons. The Hall–Kier alpha value is -0.130. The van der Waals surface area contributed by atoms with Crippen LogP contribution in [0.15, 0.2) is 24.3 Å². The lowest BCUT2D eigenvalue weighted by atomic mass is 9.85. The third kappa shape index (κ3) is 2.89. The Morgan fingerprint density at radius 2 is 1.78 bits per heavy atom. The summed E-state index contributed by atoms with van der Waals surface area (Å²) in [6.07, 6.45) is 5.20. The Bertz CT molecular complexity index is 382. The molecular weight excluding hydrogens is 337 g/mol. The maximum absolute atomic E-state index is 10.6. The molecule has 0 heterocycles. The van der Waals surface area contributed by atoms with E-state index < -0.39 is 0 Å². The van der Waals surface area contributed by atoms with Crippen LogP contribution in [0.1, 0.15) is 31.2 Å². The molecule has 2 nitrogen and oxygen atoms in total. The average molecular weight is 359 g/mol. The van der Waals surface area contributed by atoms with Gasteiger partial charge in [-0.1, -0.05) is 25.0 Å². The molecule has 0 aromatic heterocycles. The van der Waals surface area contributed by atoms with Gasteiger partial charge in [-0.3, -0.25) is 0 Å². The molecule has 18 heavy (non-hydrogen) atoms. The summed E-state index contributed by atoms with van der Waals surface area (Å²) >= 11 is 2.31. The molecule has 0 aliphatic heterocycles. The van der Waals surface area contributed by atoms with Gasteiger partial charge in [0.15, 0.2) is 0 Å². The minimum absolute atomic E-state index is 0.0109. The van der Waals surface area contributed by atoms with Crippen molar-refractivity contribution in [2.45, 2.75) is 43.7 Å². The minimum atomic E-state index is -0.268. The molecule has 0 spiro atoms. The molecule has 1 saturated carbocycles. The van der Waals surface area contributed by atoms with Crippen LogP contribution >= 0.6 is 22.6 Å². The minimum Gasteiger partial charge on any atom is -0.391 e. The van der Waals surface area contributed by atoms with Crippen molar-refractivity contribution < 1.29 is 5.11 Å². The van der Waals surface area contributed by atoms with Gasteiger partial charge in [-0.25, -0.2) is 0 Å². The fourth-order valence-electron chi connectivity index (χ4n) is 3.10. The SMILES string of the molecule is CN(C)C1(C(O)Cc2ccc(I)cc2)CCCC1. The summed E-state index contributed by atoms with van der Waals surface area (Å²) in [4.78, 5) is 2.23. The van der Waals surface area contributed by atoms with Crippen LogP contribution in [0, 0.1) is 3.57 Å². The summed E-state index contributed by atoms with van der Waals surface area (Å²) in [6.45, 7) is 0. The lowest BCUT2D eigenvalue weighted by molar-refractivity contribution is -0.00250. The molecule has 100 valence electrons. The zero-order chi connectivity index (χ0) is 13.2. The predicted octanol–water partition coefficient (Wildman–Crippen LogP) is 3.07. The largest absolute Gasteiger partial charge is 0.391 e. The summed E-state index contributed by atoms with van der Waals surface area (Å²) in [5.74, 6) is 0. The van der Waals surface area contributed by atoms with E-state index in [1.165, 1.54) is 22.0 Å². The van der Waals surface area contributed by atoms with E-state index in [1.807, 2.05) is 0 Å². The number of nitrogens with zero attached hydrogens (tertiary/aromatic N) is 1. The summed E-state index contributed by atoms with van der Waals surface area (Å²) < 4.78 is 1.24. The van der Waals surface area contributed by atoms with Crippen LogP contribution < -0.4 is 0 Å². The lowest BCUT2D eigenvalue weighted by Crippen LogP contribution is -2.52. The van der Waals surface area contributed by atoms with E-state index in [-0.39, 0.29) is 11.6 Å². The number of hydrogen-bond acceptors (Lipinski definition) is 2. The van der Waals surface area contributed by atoms with Gasteiger partial charge in [0.2, 0.25) is 0 Å². The standard InChI is InChI=1S/C15H22INO/c1-17(2)15(9-3-4-10-15)14(18)11-12-5-7-13(16)8-6-12/h5-8,14,18H,3-4,9-11H2,1-2H3. The molecule has 0 saturated heterocycles. The molecular formula is C15H22INO.